The molecule has 1 N–H and O–H groups in total. The Morgan fingerprint density at radius 1 is 1.64 bits per heavy atom. The van der Waals surface area contributed by atoms with Crippen molar-refractivity contribution in [3.05, 3.63) is 21.9 Å². The second kappa shape index (κ2) is 5.41. The predicted molar refractivity (Wildman–Crippen MR) is 62.3 cm³/mol. The number of carboxylic acid groups (broad SMARTS) is 1. The van der Waals surface area contributed by atoms with Crippen molar-refractivity contribution in [2.24, 2.45) is 0 Å². The van der Waals surface area contributed by atoms with Gasteiger partial charge in [-0.3, -0.25) is 0 Å². The molecule has 4 heteroatoms. The number of carboxylic acids is 1. The molecule has 2 nitrogen and oxygen atoms in total. The highest BCUT2D eigenvalue weighted by Gasteiger charge is 2.07. The van der Waals surface area contributed by atoms with Gasteiger partial charge in [-0.1, -0.05) is 13.8 Å². The van der Waals surface area contributed by atoms with Crippen molar-refractivity contribution in [1.29, 1.82) is 0 Å². The second-order valence-corrected chi connectivity index (χ2v) is 5.70. The van der Waals surface area contributed by atoms with Gasteiger partial charge in [-0.05, 0) is 18.6 Å². The molecule has 0 aromatic carbocycles. The first-order chi connectivity index (χ1) is 6.63. The smallest absolute Gasteiger partial charge is 0.345 e. The number of carbonyl (C=O) groups is 1. The van der Waals surface area contributed by atoms with Gasteiger partial charge in [0, 0.05) is 15.9 Å². The van der Waals surface area contributed by atoms with Crippen LogP contribution in [0.4, 0.5) is 0 Å². The van der Waals surface area contributed by atoms with Gasteiger partial charge in [0.05, 0.1) is 0 Å². The van der Waals surface area contributed by atoms with Crippen LogP contribution in [0.25, 0.3) is 0 Å². The molecule has 0 aliphatic carbocycles. The van der Waals surface area contributed by atoms with E-state index in [1.807, 2.05) is 17.8 Å². The third-order valence-corrected chi connectivity index (χ3v) is 4.59. The van der Waals surface area contributed by atoms with E-state index in [9.17, 15) is 4.79 Å². The molecule has 0 aliphatic heterocycles. The Bertz CT molecular complexity index is 307. The van der Waals surface area contributed by atoms with Crippen LogP contribution in [-0.4, -0.2) is 16.3 Å². The minimum atomic E-state index is -0.824. The predicted octanol–water partition coefficient (Wildman–Crippen LogP) is 3.48. The van der Waals surface area contributed by atoms with Crippen LogP contribution >= 0.6 is 23.1 Å². The average Bonchev–Trinajstić information content (AvgIpc) is 2.62. The number of aromatic carboxylic acids is 1. The maximum atomic E-state index is 10.6. The average molecular weight is 230 g/mol. The molecule has 0 fully saturated rings. The summed E-state index contributed by atoms with van der Waals surface area (Å²) in [5.41, 5.74) is 0. The topological polar surface area (TPSA) is 37.3 Å². The first-order valence-corrected chi connectivity index (χ1v) is 6.43. The van der Waals surface area contributed by atoms with Gasteiger partial charge in [0.15, 0.2) is 0 Å². The van der Waals surface area contributed by atoms with Gasteiger partial charge in [0.2, 0.25) is 0 Å². The minimum absolute atomic E-state index is 0.435. The molecule has 0 saturated carbocycles. The van der Waals surface area contributed by atoms with Crippen molar-refractivity contribution in [1.82, 2.24) is 0 Å². The molecule has 1 heterocycles. The summed E-state index contributed by atoms with van der Waals surface area (Å²) < 4.78 is 0. The zero-order chi connectivity index (χ0) is 10.6. The van der Waals surface area contributed by atoms with Crippen molar-refractivity contribution in [3.63, 3.8) is 0 Å². The van der Waals surface area contributed by atoms with Crippen molar-refractivity contribution < 1.29 is 9.90 Å². The Labute approximate surface area is 92.3 Å². The van der Waals surface area contributed by atoms with E-state index in [1.165, 1.54) is 11.3 Å². The third-order valence-electron chi connectivity index (χ3n) is 1.96. The fourth-order valence-corrected chi connectivity index (χ4v) is 2.78. The van der Waals surface area contributed by atoms with Gasteiger partial charge >= 0.3 is 5.97 Å². The molecule has 78 valence electrons. The summed E-state index contributed by atoms with van der Waals surface area (Å²) in [6, 6.07) is 3.59. The molecular weight excluding hydrogens is 216 g/mol. The fraction of sp³-hybridized carbons (Fsp3) is 0.500. The minimum Gasteiger partial charge on any atom is -0.477 e. The quantitative estimate of drug-likeness (QED) is 0.841. The molecular formula is C10H14O2S2. The maximum absolute atomic E-state index is 10.6. The monoisotopic (exact) mass is 230 g/mol. The number of hydrogen-bond donors (Lipinski definition) is 1. The zero-order valence-electron chi connectivity index (χ0n) is 8.32. The lowest BCUT2D eigenvalue weighted by atomic mass is 10.4. The van der Waals surface area contributed by atoms with Crippen LogP contribution in [-0.2, 0) is 5.75 Å². The number of thioether (sulfide) groups is 1. The Balaban J connectivity index is 2.48. The van der Waals surface area contributed by atoms with E-state index in [0.717, 1.165) is 17.1 Å². The molecule has 0 saturated heterocycles. The van der Waals surface area contributed by atoms with Gasteiger partial charge in [-0.25, -0.2) is 4.79 Å². The first kappa shape index (κ1) is 11.6. The summed E-state index contributed by atoms with van der Waals surface area (Å²) in [5, 5.41) is 9.37. The largest absolute Gasteiger partial charge is 0.477 e. The Hall–Kier alpha value is -0.480. The van der Waals surface area contributed by atoms with Crippen LogP contribution in [0.1, 0.15) is 34.8 Å². The molecule has 14 heavy (non-hydrogen) atoms. The van der Waals surface area contributed by atoms with Gasteiger partial charge in [0.25, 0.3) is 0 Å². The highest BCUT2D eigenvalue weighted by Crippen LogP contribution is 2.25. The fourth-order valence-electron chi connectivity index (χ4n) is 0.913. The van der Waals surface area contributed by atoms with E-state index >= 15 is 0 Å². The van der Waals surface area contributed by atoms with E-state index < -0.39 is 5.97 Å². The van der Waals surface area contributed by atoms with Crippen LogP contribution in [0.2, 0.25) is 0 Å². The highest BCUT2D eigenvalue weighted by molar-refractivity contribution is 7.99. The van der Waals surface area contributed by atoms with E-state index in [2.05, 4.69) is 13.8 Å². The number of thiophene rings is 1. The summed E-state index contributed by atoms with van der Waals surface area (Å²) >= 11 is 3.25. The molecule has 0 aliphatic rings. The van der Waals surface area contributed by atoms with Crippen LogP contribution < -0.4 is 0 Å². The van der Waals surface area contributed by atoms with Crippen LogP contribution in [0.5, 0.6) is 0 Å². The summed E-state index contributed by atoms with van der Waals surface area (Å²) in [7, 11) is 0. The normalized spacial score (nSPS) is 12.7. The molecule has 1 aromatic heterocycles. The summed E-state index contributed by atoms with van der Waals surface area (Å²) in [4.78, 5) is 12.2. The van der Waals surface area contributed by atoms with E-state index in [-0.39, 0.29) is 0 Å². The lowest BCUT2D eigenvalue weighted by Gasteiger charge is -2.05. The molecule has 0 radical (unpaired) electrons. The van der Waals surface area contributed by atoms with Gasteiger partial charge in [0.1, 0.15) is 4.88 Å². The van der Waals surface area contributed by atoms with Gasteiger partial charge in [-0.15, -0.1) is 11.3 Å². The molecule has 0 spiro atoms. The second-order valence-electron chi connectivity index (χ2n) is 3.10. The molecule has 0 amide bonds. The van der Waals surface area contributed by atoms with Crippen molar-refractivity contribution >= 4 is 29.1 Å². The SMILES string of the molecule is CCC(C)SCc1ccc(C(=O)O)s1. The highest BCUT2D eigenvalue weighted by atomic mass is 32.2. The lowest BCUT2D eigenvalue weighted by Crippen LogP contribution is -1.92. The number of hydrogen-bond acceptors (Lipinski definition) is 3. The van der Waals surface area contributed by atoms with Crippen LogP contribution in [0, 0.1) is 0 Å². The molecule has 1 aromatic rings. The Morgan fingerprint density at radius 3 is 2.86 bits per heavy atom. The van der Waals surface area contributed by atoms with Crippen LogP contribution in [0.15, 0.2) is 12.1 Å². The summed E-state index contributed by atoms with van der Waals surface area (Å²) in [6.07, 6.45) is 1.15. The Kier molecular flexibility index (Phi) is 4.48. The van der Waals surface area contributed by atoms with Crippen molar-refractivity contribution in [2.45, 2.75) is 31.3 Å². The molecule has 0 bridgehead atoms. The van der Waals surface area contributed by atoms with Crippen molar-refractivity contribution in [2.75, 3.05) is 0 Å². The standard InChI is InChI=1S/C10H14O2S2/c1-3-7(2)13-6-8-4-5-9(14-8)10(11)12/h4-5,7H,3,6H2,1-2H3,(H,11,12). The van der Waals surface area contributed by atoms with Gasteiger partial charge < -0.3 is 5.11 Å². The number of rotatable bonds is 5. The third kappa shape index (κ3) is 3.35. The van der Waals surface area contributed by atoms with E-state index in [1.54, 1.807) is 6.07 Å². The molecule has 1 rings (SSSR count). The molecule has 1 atom stereocenters. The zero-order valence-corrected chi connectivity index (χ0v) is 9.95. The maximum Gasteiger partial charge on any atom is 0.345 e. The van der Waals surface area contributed by atoms with Gasteiger partial charge in [-0.2, -0.15) is 11.8 Å². The summed E-state index contributed by atoms with van der Waals surface area (Å²) in [5.74, 6) is 0.0993. The van der Waals surface area contributed by atoms with Crippen LogP contribution in [0.3, 0.4) is 0 Å². The Morgan fingerprint density at radius 2 is 2.36 bits per heavy atom. The van der Waals surface area contributed by atoms with E-state index in [0.29, 0.717) is 10.1 Å². The van der Waals surface area contributed by atoms with E-state index in [4.69, 9.17) is 5.11 Å². The van der Waals surface area contributed by atoms with Crippen molar-refractivity contribution in [3.8, 4) is 0 Å². The lowest BCUT2D eigenvalue weighted by molar-refractivity contribution is 0.0702. The first-order valence-electron chi connectivity index (χ1n) is 4.57. The molecule has 1 unspecified atom stereocenters. The summed E-state index contributed by atoms with van der Waals surface area (Å²) in [6.45, 7) is 4.35.